The van der Waals surface area contributed by atoms with Crippen LogP contribution in [0, 0.1) is 0 Å². The Morgan fingerprint density at radius 2 is 1.25 bits per heavy atom. The summed E-state index contributed by atoms with van der Waals surface area (Å²) in [5, 5.41) is 0. The van der Waals surface area contributed by atoms with Gasteiger partial charge in [-0.25, -0.2) is 4.79 Å². The summed E-state index contributed by atoms with van der Waals surface area (Å²) in [5.74, 6) is 0.811. The normalized spacial score (nSPS) is 12.7. The van der Waals surface area contributed by atoms with Crippen molar-refractivity contribution in [1.29, 1.82) is 0 Å². The summed E-state index contributed by atoms with van der Waals surface area (Å²) >= 11 is 0. The predicted molar refractivity (Wildman–Crippen MR) is 153 cm³/mol. The van der Waals surface area contributed by atoms with E-state index in [1.54, 1.807) is 6.26 Å². The number of hydrogen-bond acceptors (Lipinski definition) is 6. The molecule has 0 unspecified atom stereocenters. The van der Waals surface area contributed by atoms with Crippen LogP contribution in [0.3, 0.4) is 0 Å². The number of carbonyl (C=O) groups is 1. The average molecular weight is 561 g/mol. The van der Waals surface area contributed by atoms with Gasteiger partial charge in [0.2, 0.25) is 0 Å². The summed E-state index contributed by atoms with van der Waals surface area (Å²) in [7, 11) is -6.45. The molecule has 1 heterocycles. The molecule has 0 bridgehead atoms. The van der Waals surface area contributed by atoms with Crippen LogP contribution < -0.4 is 0 Å². The maximum absolute atomic E-state index is 14.0. The first-order valence-electron chi connectivity index (χ1n) is 13.6. The topological polar surface area (TPSA) is 73.6 Å². The lowest BCUT2D eigenvalue weighted by Crippen LogP contribution is -2.55. The Balaban J connectivity index is 3.02. The summed E-state index contributed by atoms with van der Waals surface area (Å²) < 4.78 is 31.8. The lowest BCUT2D eigenvalue weighted by molar-refractivity contribution is 0.164. The fraction of sp³-hybridized carbons (Fsp3) is 0.800. The predicted octanol–water partition coefficient (Wildman–Crippen LogP) is 6.41. The summed E-state index contributed by atoms with van der Waals surface area (Å²) in [6.45, 7) is 23.3. The summed E-state index contributed by atoms with van der Waals surface area (Å²) in [4.78, 5) is 16.0. The molecule has 0 saturated heterocycles. The van der Waals surface area contributed by atoms with E-state index >= 15 is 0 Å². The van der Waals surface area contributed by atoms with Crippen molar-refractivity contribution in [3.8, 4) is 0 Å². The molecule has 0 aliphatic carbocycles. The number of nitrogens with zero attached hydrogens (tertiary/aromatic N) is 2. The molecule has 8 nitrogen and oxygen atoms in total. The van der Waals surface area contributed by atoms with Crippen LogP contribution in [0.5, 0.6) is 0 Å². The fourth-order valence-electron chi connectivity index (χ4n) is 4.40. The Morgan fingerprint density at radius 3 is 1.58 bits per heavy atom. The quantitative estimate of drug-likeness (QED) is 0.182. The number of furan rings is 1. The third-order valence-corrected chi connectivity index (χ3v) is 14.2. The van der Waals surface area contributed by atoms with E-state index in [0.29, 0.717) is 46.1 Å². The molecular formula is C25H52N2O6Si3. The van der Waals surface area contributed by atoms with Crippen molar-refractivity contribution in [2.24, 2.45) is 0 Å². The monoisotopic (exact) mass is 560 g/mol. The van der Waals surface area contributed by atoms with Gasteiger partial charge >= 0.3 is 23.2 Å². The minimum Gasteiger partial charge on any atom is -0.467 e. The van der Waals surface area contributed by atoms with Gasteiger partial charge in [-0.2, -0.15) is 0 Å². The molecule has 0 aliphatic heterocycles. The number of amides is 2. The maximum atomic E-state index is 14.0. The Labute approximate surface area is 223 Å². The molecule has 0 radical (unpaired) electrons. The Kier molecular flexibility index (Phi) is 14.8. The van der Waals surface area contributed by atoms with Gasteiger partial charge in [-0.05, 0) is 77.9 Å². The lowest BCUT2D eigenvalue weighted by Gasteiger charge is -2.38. The fourth-order valence-corrected chi connectivity index (χ4v) is 10.5. The van der Waals surface area contributed by atoms with Gasteiger partial charge in [0.15, 0.2) is 8.24 Å². The molecule has 1 rings (SSSR count). The van der Waals surface area contributed by atoms with E-state index in [4.69, 9.17) is 22.1 Å². The molecule has 0 aromatic carbocycles. The molecular weight excluding hydrogens is 509 g/mol. The van der Waals surface area contributed by atoms with Crippen molar-refractivity contribution in [1.82, 2.24) is 9.47 Å². The van der Waals surface area contributed by atoms with Crippen LogP contribution in [-0.4, -0.2) is 80.4 Å². The van der Waals surface area contributed by atoms with E-state index in [1.165, 1.54) is 0 Å². The Bertz CT molecular complexity index is 690. The molecule has 36 heavy (non-hydrogen) atoms. The van der Waals surface area contributed by atoms with Crippen LogP contribution in [0.15, 0.2) is 22.8 Å². The van der Waals surface area contributed by atoms with E-state index in [2.05, 4.69) is 32.7 Å². The van der Waals surface area contributed by atoms with Gasteiger partial charge in [0.25, 0.3) is 0 Å². The van der Waals surface area contributed by atoms with E-state index < -0.39 is 25.4 Å². The van der Waals surface area contributed by atoms with Crippen molar-refractivity contribution < 1.29 is 26.9 Å². The third kappa shape index (κ3) is 11.6. The second-order valence-corrected chi connectivity index (χ2v) is 21.9. The Hall–Kier alpha value is -0.959. The van der Waals surface area contributed by atoms with Gasteiger partial charge in [0.1, 0.15) is 5.76 Å². The SMILES string of the molecule is CCO[Si](C)(CCCN(CCC[Si](C)(OCC)OCC)C(=O)N(Cc1ccco1)[Si](C)(C)C)OCC. The first-order chi connectivity index (χ1) is 16.9. The minimum atomic E-state index is -2.24. The van der Waals surface area contributed by atoms with Crippen molar-refractivity contribution in [2.75, 3.05) is 39.5 Å². The number of carbonyl (C=O) groups excluding carboxylic acids is 1. The highest BCUT2D eigenvalue weighted by molar-refractivity contribution is 6.75. The van der Waals surface area contributed by atoms with Crippen LogP contribution in [0.4, 0.5) is 4.79 Å². The number of urea groups is 1. The summed E-state index contributed by atoms with van der Waals surface area (Å²) in [6, 6.07) is 5.60. The van der Waals surface area contributed by atoms with Gasteiger partial charge in [-0.15, -0.1) is 0 Å². The molecule has 0 N–H and O–H groups in total. The molecule has 210 valence electrons. The molecule has 0 saturated carbocycles. The summed E-state index contributed by atoms with van der Waals surface area (Å²) in [5.41, 5.74) is 0. The van der Waals surface area contributed by atoms with Gasteiger partial charge in [-0.3, -0.25) is 0 Å². The van der Waals surface area contributed by atoms with Crippen molar-refractivity contribution in [2.45, 2.75) is 91.9 Å². The zero-order chi connectivity index (χ0) is 27.2. The third-order valence-electron chi connectivity index (χ3n) is 6.12. The number of hydrogen-bond donors (Lipinski definition) is 0. The molecule has 1 aromatic rings. The van der Waals surface area contributed by atoms with Gasteiger partial charge in [0, 0.05) is 39.5 Å². The molecule has 0 atom stereocenters. The zero-order valence-electron chi connectivity index (χ0n) is 24.4. The molecule has 0 aliphatic rings. The number of rotatable bonds is 19. The van der Waals surface area contributed by atoms with Crippen LogP contribution in [0.1, 0.15) is 46.3 Å². The van der Waals surface area contributed by atoms with Crippen molar-refractivity contribution in [3.05, 3.63) is 24.2 Å². The molecule has 0 spiro atoms. The highest BCUT2D eigenvalue weighted by atomic mass is 28.4. The van der Waals surface area contributed by atoms with E-state index in [9.17, 15) is 4.79 Å². The maximum Gasteiger partial charge on any atom is 0.334 e. The van der Waals surface area contributed by atoms with Crippen molar-refractivity contribution >= 4 is 31.4 Å². The highest BCUT2D eigenvalue weighted by Crippen LogP contribution is 2.22. The Morgan fingerprint density at radius 1 is 0.806 bits per heavy atom. The highest BCUT2D eigenvalue weighted by Gasteiger charge is 2.35. The minimum absolute atomic E-state index is 0.0814. The molecule has 1 aromatic heterocycles. The lowest BCUT2D eigenvalue weighted by atomic mass is 10.3. The van der Waals surface area contributed by atoms with Crippen LogP contribution in [0.2, 0.25) is 44.8 Å². The van der Waals surface area contributed by atoms with Gasteiger partial charge < -0.3 is 31.6 Å². The first-order valence-corrected chi connectivity index (χ1v) is 22.1. The molecule has 0 fully saturated rings. The standard InChI is InChI=1S/C25H52N2O6Si3/c1-10-30-35(8,31-11-2)21-15-18-26(19-16-22-36(9,32-12-3)33-13-4)25(28)27(34(5,6)7)23-24-17-14-20-29-24/h14,17,20H,10-13,15-16,18-19,21-23H2,1-9H3. The first kappa shape index (κ1) is 33.1. The molecule has 2 amide bonds. The second-order valence-electron chi connectivity index (χ2n) is 10.3. The van der Waals surface area contributed by atoms with Crippen LogP contribution in [0.25, 0.3) is 0 Å². The second kappa shape index (κ2) is 16.1. The average Bonchev–Trinajstić information content (AvgIpc) is 3.29. The van der Waals surface area contributed by atoms with Crippen LogP contribution in [-0.2, 0) is 24.2 Å². The summed E-state index contributed by atoms with van der Waals surface area (Å²) in [6.07, 6.45) is 3.36. The van der Waals surface area contributed by atoms with E-state index in [1.807, 2.05) is 49.3 Å². The zero-order valence-corrected chi connectivity index (χ0v) is 27.4. The molecule has 11 heteroatoms. The van der Waals surface area contributed by atoms with E-state index in [0.717, 1.165) is 30.7 Å². The van der Waals surface area contributed by atoms with Gasteiger partial charge in [0.05, 0.1) is 12.8 Å². The van der Waals surface area contributed by atoms with Gasteiger partial charge in [-0.1, -0.05) is 19.6 Å². The van der Waals surface area contributed by atoms with Crippen molar-refractivity contribution in [3.63, 3.8) is 0 Å². The smallest absolute Gasteiger partial charge is 0.334 e. The van der Waals surface area contributed by atoms with E-state index in [-0.39, 0.29) is 6.03 Å². The van der Waals surface area contributed by atoms with Crippen LogP contribution >= 0.6 is 0 Å². The largest absolute Gasteiger partial charge is 0.467 e.